The van der Waals surface area contributed by atoms with Crippen LogP contribution in [-0.2, 0) is 16.0 Å². The van der Waals surface area contributed by atoms with Crippen LogP contribution in [0, 0.1) is 0 Å². The number of imide groups is 1. The molecule has 0 atom stereocenters. The highest BCUT2D eigenvalue weighted by Crippen LogP contribution is 2.15. The fraction of sp³-hybridized carbons (Fsp3) is 0.438. The topological polar surface area (TPSA) is 90.5 Å². The van der Waals surface area contributed by atoms with E-state index in [2.05, 4.69) is 5.32 Å². The fourth-order valence-electron chi connectivity index (χ4n) is 2.08. The molecule has 0 spiro atoms. The molecule has 1 rings (SSSR count). The van der Waals surface area contributed by atoms with E-state index in [9.17, 15) is 27.6 Å². The highest BCUT2D eigenvalue weighted by Gasteiger charge is 2.28. The molecule has 0 aromatic heterocycles. The molecule has 0 saturated heterocycles. The number of halogens is 3. The zero-order chi connectivity index (χ0) is 19.7. The zero-order valence-corrected chi connectivity index (χ0v) is 14.4. The number of anilines is 1. The Morgan fingerprint density at radius 2 is 1.69 bits per heavy atom. The van der Waals surface area contributed by atoms with Crippen LogP contribution in [0.25, 0.3) is 0 Å². The molecular weight excluding hydrogens is 353 g/mol. The van der Waals surface area contributed by atoms with Gasteiger partial charge in [0.15, 0.2) is 0 Å². The maximum atomic E-state index is 12.0. The van der Waals surface area contributed by atoms with Crippen LogP contribution in [0.3, 0.4) is 0 Å². The number of nitrogens with zero attached hydrogens (tertiary/aromatic N) is 1. The number of rotatable bonds is 7. The molecule has 4 amide bonds. The van der Waals surface area contributed by atoms with Crippen molar-refractivity contribution in [1.29, 1.82) is 0 Å². The van der Waals surface area contributed by atoms with Crippen molar-refractivity contribution in [3.63, 3.8) is 0 Å². The quantitative estimate of drug-likeness (QED) is 0.675. The Morgan fingerprint density at radius 1 is 1.08 bits per heavy atom. The van der Waals surface area contributed by atoms with Crippen molar-refractivity contribution < 1.29 is 27.6 Å². The van der Waals surface area contributed by atoms with Crippen LogP contribution in [0.4, 0.5) is 23.7 Å². The summed E-state index contributed by atoms with van der Waals surface area (Å²) in [6.07, 6.45) is -3.83. The number of urea groups is 1. The predicted molar refractivity (Wildman–Crippen MR) is 89.5 cm³/mol. The van der Waals surface area contributed by atoms with Crippen molar-refractivity contribution in [2.45, 2.75) is 19.5 Å². The Hall–Kier alpha value is -2.62. The Morgan fingerprint density at radius 3 is 2.31 bits per heavy atom. The van der Waals surface area contributed by atoms with Gasteiger partial charge in [-0.3, -0.25) is 19.8 Å². The monoisotopic (exact) mass is 374 g/mol. The molecule has 7 nitrogen and oxygen atoms in total. The first-order valence-electron chi connectivity index (χ1n) is 7.81. The van der Waals surface area contributed by atoms with E-state index >= 15 is 0 Å². The Bertz CT molecular complexity index is 650. The molecule has 10 heteroatoms. The molecule has 0 heterocycles. The molecule has 3 N–H and O–H groups in total. The second-order valence-corrected chi connectivity index (χ2v) is 5.58. The summed E-state index contributed by atoms with van der Waals surface area (Å²) >= 11 is 0. The van der Waals surface area contributed by atoms with Crippen molar-refractivity contribution in [1.82, 2.24) is 15.5 Å². The number of hydrogen-bond donors (Lipinski definition) is 3. The van der Waals surface area contributed by atoms with Crippen LogP contribution >= 0.6 is 0 Å². The minimum absolute atomic E-state index is 0.129. The molecule has 144 valence electrons. The third-order valence-electron chi connectivity index (χ3n) is 3.20. The molecule has 0 fully saturated rings. The van der Waals surface area contributed by atoms with Gasteiger partial charge in [0.1, 0.15) is 6.54 Å². The third kappa shape index (κ3) is 8.47. The largest absolute Gasteiger partial charge is 0.405 e. The third-order valence-corrected chi connectivity index (χ3v) is 3.20. The second kappa shape index (κ2) is 9.76. The number of likely N-dealkylation sites (N-methyl/N-ethyl adjacent to an activating group) is 1. The van der Waals surface area contributed by atoms with E-state index in [1.165, 1.54) is 17.3 Å². The van der Waals surface area contributed by atoms with Gasteiger partial charge in [-0.05, 0) is 25.1 Å². The Labute approximate surface area is 148 Å². The van der Waals surface area contributed by atoms with Crippen LogP contribution in [-0.4, -0.2) is 55.6 Å². The number of aryl methyl sites for hydroxylation is 1. The summed E-state index contributed by atoms with van der Waals surface area (Å²) in [5, 5.41) is 6.01. The lowest BCUT2D eigenvalue weighted by Gasteiger charge is -2.17. The van der Waals surface area contributed by atoms with E-state index in [0.717, 1.165) is 12.0 Å². The predicted octanol–water partition coefficient (Wildman–Crippen LogP) is 1.51. The molecule has 0 saturated carbocycles. The van der Waals surface area contributed by atoms with Crippen LogP contribution in [0.15, 0.2) is 24.3 Å². The average Bonchev–Trinajstić information content (AvgIpc) is 2.52. The summed E-state index contributed by atoms with van der Waals surface area (Å²) in [4.78, 5) is 36.1. The number of hydrogen-bond acceptors (Lipinski definition) is 4. The number of alkyl halides is 3. The summed E-state index contributed by atoms with van der Waals surface area (Å²) < 4.78 is 35.9. The van der Waals surface area contributed by atoms with Crippen LogP contribution < -0.4 is 16.0 Å². The van der Waals surface area contributed by atoms with Crippen molar-refractivity contribution in [2.24, 2.45) is 0 Å². The molecule has 0 aliphatic carbocycles. The van der Waals surface area contributed by atoms with Crippen LogP contribution in [0.1, 0.15) is 12.5 Å². The van der Waals surface area contributed by atoms with E-state index in [1.54, 1.807) is 17.4 Å². The van der Waals surface area contributed by atoms with Crippen molar-refractivity contribution >= 4 is 23.5 Å². The Kier molecular flexibility index (Phi) is 8.04. The lowest BCUT2D eigenvalue weighted by atomic mass is 10.1. The van der Waals surface area contributed by atoms with E-state index in [1.807, 2.05) is 19.1 Å². The number of amides is 4. The molecule has 26 heavy (non-hydrogen) atoms. The van der Waals surface area contributed by atoms with Gasteiger partial charge in [-0.25, -0.2) is 4.79 Å². The average molecular weight is 374 g/mol. The molecule has 0 radical (unpaired) electrons. The summed E-state index contributed by atoms with van der Waals surface area (Å²) in [5.41, 5.74) is 1.63. The van der Waals surface area contributed by atoms with Crippen molar-refractivity contribution in [3.8, 4) is 0 Å². The first kappa shape index (κ1) is 21.4. The molecule has 0 bridgehead atoms. The minimum atomic E-state index is -4.57. The summed E-state index contributed by atoms with van der Waals surface area (Å²) in [5.74, 6) is -1.18. The first-order valence-corrected chi connectivity index (χ1v) is 7.81. The first-order chi connectivity index (χ1) is 12.1. The molecule has 0 aliphatic rings. The summed E-state index contributed by atoms with van der Waals surface area (Å²) in [6.45, 7) is -0.0512. The lowest BCUT2D eigenvalue weighted by molar-refractivity contribution is -0.125. The van der Waals surface area contributed by atoms with Crippen LogP contribution in [0.5, 0.6) is 0 Å². The number of benzene rings is 1. The van der Waals surface area contributed by atoms with Gasteiger partial charge >= 0.3 is 12.2 Å². The molecule has 0 unspecified atom stereocenters. The van der Waals surface area contributed by atoms with Crippen molar-refractivity contribution in [3.05, 3.63) is 29.8 Å². The standard InChI is InChI=1S/C16H21F3N4O3/c1-3-11-6-4-5-7-12(11)21-13(24)8-23(2)9-14(25)22-15(26)20-10-16(17,18)19/h4-7H,3,8-10H2,1-2H3,(H,21,24)(H2,20,22,25,26). The number of carbonyl (C=O) groups excluding carboxylic acids is 3. The normalized spacial score (nSPS) is 11.2. The number of nitrogens with one attached hydrogen (secondary N) is 3. The van der Waals surface area contributed by atoms with E-state index in [0.29, 0.717) is 5.69 Å². The van der Waals surface area contributed by atoms with Gasteiger partial charge in [0, 0.05) is 5.69 Å². The Balaban J connectivity index is 2.40. The van der Waals surface area contributed by atoms with Gasteiger partial charge in [0.05, 0.1) is 13.1 Å². The smallest absolute Gasteiger partial charge is 0.329 e. The van der Waals surface area contributed by atoms with E-state index < -0.39 is 24.7 Å². The lowest BCUT2D eigenvalue weighted by Crippen LogP contribution is -2.47. The van der Waals surface area contributed by atoms with Crippen LogP contribution in [0.2, 0.25) is 0 Å². The second-order valence-electron chi connectivity index (χ2n) is 5.58. The van der Waals surface area contributed by atoms with Gasteiger partial charge in [0.25, 0.3) is 0 Å². The van der Waals surface area contributed by atoms with Gasteiger partial charge < -0.3 is 10.6 Å². The zero-order valence-electron chi connectivity index (χ0n) is 14.4. The maximum Gasteiger partial charge on any atom is 0.405 e. The van der Waals surface area contributed by atoms with E-state index in [-0.39, 0.29) is 19.0 Å². The van der Waals surface area contributed by atoms with Gasteiger partial charge in [-0.2, -0.15) is 13.2 Å². The number of carbonyl (C=O) groups is 3. The maximum absolute atomic E-state index is 12.0. The molecule has 1 aromatic rings. The number of para-hydroxylation sites is 1. The van der Waals surface area contributed by atoms with E-state index in [4.69, 9.17) is 0 Å². The minimum Gasteiger partial charge on any atom is -0.329 e. The SMILES string of the molecule is CCc1ccccc1NC(=O)CN(C)CC(=O)NC(=O)NCC(F)(F)F. The molecule has 0 aliphatic heterocycles. The molecule has 1 aromatic carbocycles. The fourth-order valence-corrected chi connectivity index (χ4v) is 2.08. The highest BCUT2D eigenvalue weighted by molar-refractivity contribution is 5.96. The van der Waals surface area contributed by atoms with Gasteiger partial charge in [-0.1, -0.05) is 25.1 Å². The van der Waals surface area contributed by atoms with Gasteiger partial charge in [-0.15, -0.1) is 0 Å². The highest BCUT2D eigenvalue weighted by atomic mass is 19.4. The van der Waals surface area contributed by atoms with Gasteiger partial charge in [0.2, 0.25) is 11.8 Å². The molecular formula is C16H21F3N4O3. The van der Waals surface area contributed by atoms with Crippen molar-refractivity contribution in [2.75, 3.05) is 32.0 Å². The summed E-state index contributed by atoms with van der Waals surface area (Å²) in [7, 11) is 1.47. The summed E-state index contributed by atoms with van der Waals surface area (Å²) in [6, 6.07) is 6.03.